The summed E-state index contributed by atoms with van der Waals surface area (Å²) in [7, 11) is 2.20. The van der Waals surface area contributed by atoms with Crippen molar-refractivity contribution in [2.45, 2.75) is 33.1 Å². The van der Waals surface area contributed by atoms with Crippen LogP contribution in [0.4, 0.5) is 5.13 Å². The van der Waals surface area contributed by atoms with Crippen LogP contribution in [0.2, 0.25) is 0 Å². The van der Waals surface area contributed by atoms with Crippen LogP contribution in [0.25, 0.3) is 0 Å². The maximum Gasteiger partial charge on any atom is 0.185 e. The van der Waals surface area contributed by atoms with Gasteiger partial charge in [0, 0.05) is 44.5 Å². The van der Waals surface area contributed by atoms with Gasteiger partial charge in [0.15, 0.2) is 5.13 Å². The average molecular weight is 311 g/mol. The molecule has 1 fully saturated rings. The highest BCUT2D eigenvalue weighted by Gasteiger charge is 2.18. The quantitative estimate of drug-likeness (QED) is 0.736. The third kappa shape index (κ3) is 5.24. The van der Waals surface area contributed by atoms with Crippen LogP contribution in [-0.4, -0.2) is 67.6 Å². The number of thiazole rings is 1. The first-order chi connectivity index (χ1) is 10.2. The highest BCUT2D eigenvalue weighted by atomic mass is 32.1. The van der Waals surface area contributed by atoms with Crippen molar-refractivity contribution in [3.63, 3.8) is 0 Å². The summed E-state index contributed by atoms with van der Waals surface area (Å²) in [4.78, 5) is 12.2. The van der Waals surface area contributed by atoms with Gasteiger partial charge in [-0.15, -0.1) is 11.3 Å². The summed E-state index contributed by atoms with van der Waals surface area (Å²) >= 11 is 1.81. The molecule has 0 aliphatic carbocycles. The van der Waals surface area contributed by atoms with E-state index in [0.29, 0.717) is 0 Å². The lowest BCUT2D eigenvalue weighted by molar-refractivity contribution is 0.258. The Morgan fingerprint density at radius 2 is 1.90 bits per heavy atom. The number of hydrogen-bond acceptors (Lipinski definition) is 5. The minimum Gasteiger partial charge on any atom is -0.346 e. The van der Waals surface area contributed by atoms with E-state index < -0.39 is 0 Å². The first-order valence-corrected chi connectivity index (χ1v) is 9.21. The van der Waals surface area contributed by atoms with Gasteiger partial charge in [0.2, 0.25) is 0 Å². The molecule has 0 unspecified atom stereocenters. The first-order valence-electron chi connectivity index (χ1n) is 8.33. The van der Waals surface area contributed by atoms with E-state index in [1.807, 2.05) is 11.3 Å². The molecule has 0 aromatic carbocycles. The van der Waals surface area contributed by atoms with Gasteiger partial charge in [0.25, 0.3) is 0 Å². The standard InChI is InChI=1S/C16H30N4S/c1-4-7-18(3)9-6-15-14-21-16(17-15)20-12-10-19(8-5-2)11-13-20/h14H,4-13H2,1-3H3. The maximum absolute atomic E-state index is 4.84. The van der Waals surface area contributed by atoms with Gasteiger partial charge in [0.05, 0.1) is 5.69 Å². The summed E-state index contributed by atoms with van der Waals surface area (Å²) in [6, 6.07) is 0. The van der Waals surface area contributed by atoms with Gasteiger partial charge in [-0.25, -0.2) is 4.98 Å². The molecule has 1 aromatic rings. The van der Waals surface area contributed by atoms with Gasteiger partial charge in [-0.3, -0.25) is 4.90 Å². The Labute approximate surface area is 133 Å². The molecule has 0 bridgehead atoms. The number of anilines is 1. The van der Waals surface area contributed by atoms with Gasteiger partial charge in [-0.1, -0.05) is 13.8 Å². The van der Waals surface area contributed by atoms with Crippen molar-refractivity contribution < 1.29 is 0 Å². The number of nitrogens with zero attached hydrogens (tertiary/aromatic N) is 4. The largest absolute Gasteiger partial charge is 0.346 e. The monoisotopic (exact) mass is 310 g/mol. The first kappa shape index (κ1) is 16.7. The summed E-state index contributed by atoms with van der Waals surface area (Å²) in [6.45, 7) is 12.6. The predicted molar refractivity (Wildman–Crippen MR) is 92.6 cm³/mol. The van der Waals surface area contributed by atoms with Crippen molar-refractivity contribution in [2.75, 3.05) is 57.8 Å². The Kier molecular flexibility index (Phi) is 6.93. The summed E-state index contributed by atoms with van der Waals surface area (Å²) in [5.74, 6) is 0. The molecule has 5 heteroatoms. The third-order valence-corrected chi connectivity index (χ3v) is 5.03. The third-order valence-electron chi connectivity index (χ3n) is 4.08. The minimum atomic E-state index is 1.07. The van der Waals surface area contributed by atoms with Crippen molar-refractivity contribution in [3.05, 3.63) is 11.1 Å². The highest BCUT2D eigenvalue weighted by molar-refractivity contribution is 7.13. The van der Waals surface area contributed by atoms with E-state index in [-0.39, 0.29) is 0 Å². The lowest BCUT2D eigenvalue weighted by Gasteiger charge is -2.34. The van der Waals surface area contributed by atoms with Crippen molar-refractivity contribution >= 4 is 16.5 Å². The molecule has 2 heterocycles. The van der Waals surface area contributed by atoms with Crippen molar-refractivity contribution in [3.8, 4) is 0 Å². The predicted octanol–water partition coefficient (Wildman–Crippen LogP) is 2.56. The van der Waals surface area contributed by atoms with E-state index in [9.17, 15) is 0 Å². The van der Waals surface area contributed by atoms with Gasteiger partial charge in [-0.2, -0.15) is 0 Å². The number of likely N-dealkylation sites (N-methyl/N-ethyl adjacent to an activating group) is 1. The molecule has 0 N–H and O–H groups in total. The van der Waals surface area contributed by atoms with Crippen LogP contribution < -0.4 is 4.90 Å². The zero-order valence-electron chi connectivity index (χ0n) is 13.8. The second kappa shape index (κ2) is 8.71. The molecule has 21 heavy (non-hydrogen) atoms. The average Bonchev–Trinajstić information content (AvgIpc) is 2.95. The molecule has 1 aliphatic heterocycles. The molecule has 1 aromatic heterocycles. The Morgan fingerprint density at radius 3 is 2.57 bits per heavy atom. The van der Waals surface area contributed by atoms with Crippen LogP contribution >= 0.6 is 11.3 Å². The zero-order chi connectivity index (χ0) is 15.1. The Bertz CT molecular complexity index is 399. The molecule has 2 rings (SSSR count). The van der Waals surface area contributed by atoms with E-state index in [4.69, 9.17) is 4.98 Å². The number of aromatic nitrogens is 1. The summed E-state index contributed by atoms with van der Waals surface area (Å²) in [5, 5.41) is 3.47. The zero-order valence-corrected chi connectivity index (χ0v) is 14.7. The van der Waals surface area contributed by atoms with E-state index in [1.165, 1.54) is 49.8 Å². The van der Waals surface area contributed by atoms with E-state index in [1.54, 1.807) is 0 Å². The summed E-state index contributed by atoms with van der Waals surface area (Å²) < 4.78 is 0. The summed E-state index contributed by atoms with van der Waals surface area (Å²) in [5.41, 5.74) is 1.26. The normalized spacial score (nSPS) is 16.9. The van der Waals surface area contributed by atoms with Crippen LogP contribution in [0.5, 0.6) is 0 Å². The van der Waals surface area contributed by atoms with Crippen LogP contribution in [-0.2, 0) is 6.42 Å². The molecule has 0 spiro atoms. The molecule has 4 nitrogen and oxygen atoms in total. The Hall–Kier alpha value is -0.650. The number of piperazine rings is 1. The van der Waals surface area contributed by atoms with Crippen LogP contribution in [0, 0.1) is 0 Å². The molecule has 0 amide bonds. The molecule has 0 atom stereocenters. The number of rotatable bonds is 8. The van der Waals surface area contributed by atoms with E-state index in [2.05, 4.69) is 41.0 Å². The van der Waals surface area contributed by atoms with Gasteiger partial charge in [0.1, 0.15) is 0 Å². The van der Waals surface area contributed by atoms with Crippen molar-refractivity contribution in [1.29, 1.82) is 0 Å². The van der Waals surface area contributed by atoms with Gasteiger partial charge in [-0.05, 0) is 33.0 Å². The topological polar surface area (TPSA) is 22.6 Å². The van der Waals surface area contributed by atoms with Gasteiger partial charge < -0.3 is 9.80 Å². The SMILES string of the molecule is CCCN(C)CCc1csc(N2CCN(CCC)CC2)n1. The minimum absolute atomic E-state index is 1.07. The van der Waals surface area contributed by atoms with Crippen molar-refractivity contribution in [1.82, 2.24) is 14.8 Å². The molecule has 0 saturated carbocycles. The van der Waals surface area contributed by atoms with E-state index >= 15 is 0 Å². The molecule has 120 valence electrons. The Balaban J connectivity index is 1.78. The molecular weight excluding hydrogens is 280 g/mol. The molecule has 0 radical (unpaired) electrons. The molecular formula is C16H30N4S. The fraction of sp³-hybridized carbons (Fsp3) is 0.812. The Morgan fingerprint density at radius 1 is 1.14 bits per heavy atom. The fourth-order valence-electron chi connectivity index (χ4n) is 2.83. The summed E-state index contributed by atoms with van der Waals surface area (Å²) in [6.07, 6.45) is 3.55. The molecule has 1 aliphatic rings. The van der Waals surface area contributed by atoms with Crippen LogP contribution in [0.1, 0.15) is 32.4 Å². The van der Waals surface area contributed by atoms with Crippen LogP contribution in [0.15, 0.2) is 5.38 Å². The van der Waals surface area contributed by atoms with Crippen LogP contribution in [0.3, 0.4) is 0 Å². The van der Waals surface area contributed by atoms with Crippen molar-refractivity contribution in [2.24, 2.45) is 0 Å². The maximum atomic E-state index is 4.84. The fourth-order valence-corrected chi connectivity index (χ4v) is 3.75. The second-order valence-electron chi connectivity index (χ2n) is 6.00. The highest BCUT2D eigenvalue weighted by Crippen LogP contribution is 2.22. The van der Waals surface area contributed by atoms with Gasteiger partial charge >= 0.3 is 0 Å². The second-order valence-corrected chi connectivity index (χ2v) is 6.84. The lowest BCUT2D eigenvalue weighted by Crippen LogP contribution is -2.46. The lowest BCUT2D eigenvalue weighted by atomic mass is 10.3. The molecule has 1 saturated heterocycles. The smallest absolute Gasteiger partial charge is 0.185 e. The number of hydrogen-bond donors (Lipinski definition) is 0. The van der Waals surface area contributed by atoms with E-state index in [0.717, 1.165) is 26.1 Å².